The van der Waals surface area contributed by atoms with Gasteiger partial charge in [-0.25, -0.2) is 4.79 Å². The predicted molar refractivity (Wildman–Crippen MR) is 48.4 cm³/mol. The van der Waals surface area contributed by atoms with Crippen LogP contribution in [0.3, 0.4) is 0 Å². The second-order valence-corrected chi connectivity index (χ2v) is 3.23. The lowest BCUT2D eigenvalue weighted by atomic mass is 10.1. The van der Waals surface area contributed by atoms with E-state index in [0.717, 1.165) is 6.07 Å². The maximum Gasteiger partial charge on any atom is 0.416 e. The van der Waals surface area contributed by atoms with Crippen molar-refractivity contribution in [3.8, 4) is 0 Å². The molecule has 0 aliphatic heterocycles. The summed E-state index contributed by atoms with van der Waals surface area (Å²) in [5.41, 5.74) is -1.51. The third-order valence-electron chi connectivity index (χ3n) is 1.74. The van der Waals surface area contributed by atoms with Crippen LogP contribution in [-0.4, -0.2) is 16.9 Å². The number of benzene rings is 1. The van der Waals surface area contributed by atoms with Crippen molar-refractivity contribution in [2.75, 3.05) is 0 Å². The van der Waals surface area contributed by atoms with Crippen molar-refractivity contribution in [1.29, 1.82) is 0 Å². The Morgan fingerprint density at radius 3 is 2.19 bits per heavy atom. The van der Waals surface area contributed by atoms with Crippen molar-refractivity contribution in [3.63, 3.8) is 0 Å². The molecule has 0 heterocycles. The number of halogens is 4. The number of hydrogen-bond donors (Lipinski definition) is 1. The van der Waals surface area contributed by atoms with Crippen LogP contribution in [0.4, 0.5) is 13.2 Å². The highest BCUT2D eigenvalue weighted by Crippen LogP contribution is 2.32. The first-order chi connectivity index (χ1) is 7.23. The number of hydrogen-bond acceptors (Lipinski definition) is 2. The van der Waals surface area contributed by atoms with E-state index in [2.05, 4.69) is 0 Å². The summed E-state index contributed by atoms with van der Waals surface area (Å²) in [4.78, 5) is 21.3. The summed E-state index contributed by atoms with van der Waals surface area (Å²) in [6.07, 6.45) is -4.59. The van der Waals surface area contributed by atoms with Crippen LogP contribution in [0, 0.1) is 0 Å². The number of Topliss-reactive ketones (excluding diaryl/α,β-unsaturated/α-hetero) is 1. The predicted octanol–water partition coefficient (Wildman–Crippen LogP) is 2.63. The number of carboxylic acid groups (broad SMARTS) is 1. The van der Waals surface area contributed by atoms with E-state index in [4.69, 9.17) is 16.7 Å². The summed E-state index contributed by atoms with van der Waals surface area (Å²) in [5, 5.41) is 7.82. The van der Waals surface area contributed by atoms with Crippen LogP contribution in [-0.2, 0) is 11.0 Å². The van der Waals surface area contributed by atoms with Crippen molar-refractivity contribution < 1.29 is 27.9 Å². The van der Waals surface area contributed by atoms with Gasteiger partial charge in [-0.2, -0.15) is 13.2 Å². The van der Waals surface area contributed by atoms with Gasteiger partial charge in [0.05, 0.1) is 10.6 Å². The number of carbonyl (C=O) groups excluding carboxylic acids is 1. The first-order valence-corrected chi connectivity index (χ1v) is 4.25. The molecule has 0 saturated carbocycles. The average Bonchev–Trinajstić information content (AvgIpc) is 2.15. The Hall–Kier alpha value is -1.56. The van der Waals surface area contributed by atoms with Gasteiger partial charge in [0, 0.05) is 5.56 Å². The molecule has 0 radical (unpaired) electrons. The summed E-state index contributed by atoms with van der Waals surface area (Å²) in [6, 6.07) is 1.85. The van der Waals surface area contributed by atoms with Crippen molar-refractivity contribution >= 4 is 23.4 Å². The van der Waals surface area contributed by atoms with Crippen LogP contribution < -0.4 is 0 Å². The Bertz CT molecular complexity index is 454. The number of aliphatic carboxylic acids is 1. The molecular weight excluding hydrogens is 249 g/mol. The molecule has 0 aliphatic carbocycles. The van der Waals surface area contributed by atoms with Gasteiger partial charge in [0.2, 0.25) is 0 Å². The molecule has 16 heavy (non-hydrogen) atoms. The zero-order valence-electron chi connectivity index (χ0n) is 7.51. The normalized spacial score (nSPS) is 11.2. The summed E-state index contributed by atoms with van der Waals surface area (Å²) in [7, 11) is 0. The summed E-state index contributed by atoms with van der Waals surface area (Å²) >= 11 is 5.39. The fourth-order valence-electron chi connectivity index (χ4n) is 0.991. The van der Waals surface area contributed by atoms with Gasteiger partial charge >= 0.3 is 12.1 Å². The minimum absolute atomic E-state index is 0.470. The first-order valence-electron chi connectivity index (χ1n) is 3.88. The van der Waals surface area contributed by atoms with E-state index in [1.165, 1.54) is 0 Å². The molecule has 0 atom stereocenters. The van der Waals surface area contributed by atoms with Crippen LogP contribution >= 0.6 is 11.6 Å². The van der Waals surface area contributed by atoms with Gasteiger partial charge in [-0.15, -0.1) is 0 Å². The average molecular weight is 253 g/mol. The molecule has 0 aliphatic rings. The van der Waals surface area contributed by atoms with E-state index in [0.29, 0.717) is 12.1 Å². The molecular formula is C9H4ClF3O3. The zero-order valence-corrected chi connectivity index (χ0v) is 8.26. The van der Waals surface area contributed by atoms with Crippen molar-refractivity contribution in [2.24, 2.45) is 0 Å². The zero-order chi connectivity index (χ0) is 12.5. The molecule has 0 unspecified atom stereocenters. The smallest absolute Gasteiger partial charge is 0.416 e. The summed E-state index contributed by atoms with van der Waals surface area (Å²) < 4.78 is 36.6. The lowest BCUT2D eigenvalue weighted by Gasteiger charge is -2.08. The topological polar surface area (TPSA) is 54.4 Å². The van der Waals surface area contributed by atoms with Crippen molar-refractivity contribution in [1.82, 2.24) is 0 Å². The molecule has 0 aromatic heterocycles. The molecule has 0 bridgehead atoms. The Labute approximate surface area is 92.4 Å². The van der Waals surface area contributed by atoms with Crippen LogP contribution in [0.25, 0.3) is 0 Å². The highest BCUT2D eigenvalue weighted by molar-refractivity contribution is 6.45. The molecule has 3 nitrogen and oxygen atoms in total. The molecule has 0 spiro atoms. The van der Waals surface area contributed by atoms with Crippen LogP contribution in [0.1, 0.15) is 15.9 Å². The fourth-order valence-corrected chi connectivity index (χ4v) is 1.26. The molecule has 1 N–H and O–H groups in total. The molecule has 1 aromatic carbocycles. The Kier molecular flexibility index (Phi) is 3.23. The monoisotopic (exact) mass is 252 g/mol. The minimum atomic E-state index is -4.59. The quantitative estimate of drug-likeness (QED) is 0.650. The Morgan fingerprint density at radius 2 is 1.81 bits per heavy atom. The third-order valence-corrected chi connectivity index (χ3v) is 2.05. The van der Waals surface area contributed by atoms with Gasteiger partial charge in [-0.3, -0.25) is 4.79 Å². The van der Waals surface area contributed by atoms with Crippen molar-refractivity contribution in [2.45, 2.75) is 6.18 Å². The summed E-state index contributed by atoms with van der Waals surface area (Å²) in [6.45, 7) is 0. The Balaban J connectivity index is 3.20. The van der Waals surface area contributed by atoms with Gasteiger partial charge in [0.15, 0.2) is 0 Å². The van der Waals surface area contributed by atoms with E-state index < -0.39 is 34.1 Å². The first kappa shape index (κ1) is 12.5. The molecule has 0 saturated heterocycles. The standard InChI is InChI=1S/C9H4ClF3O3/c10-6-3-4(9(11,12)13)1-2-5(6)7(14)8(15)16/h1-3H,(H,15,16). The number of carboxylic acids is 1. The third kappa shape index (κ3) is 2.52. The fraction of sp³-hybridized carbons (Fsp3) is 0.111. The van der Waals surface area contributed by atoms with E-state index in [1.807, 2.05) is 0 Å². The number of alkyl halides is 3. The lowest BCUT2D eigenvalue weighted by Crippen LogP contribution is -2.14. The van der Waals surface area contributed by atoms with Crippen LogP contribution in [0.5, 0.6) is 0 Å². The molecule has 1 rings (SSSR count). The van der Waals surface area contributed by atoms with Gasteiger partial charge in [-0.1, -0.05) is 11.6 Å². The SMILES string of the molecule is O=C(O)C(=O)c1ccc(C(F)(F)F)cc1Cl. The molecule has 86 valence electrons. The van der Waals surface area contributed by atoms with E-state index in [9.17, 15) is 22.8 Å². The maximum absolute atomic E-state index is 12.2. The number of carbonyl (C=O) groups is 2. The van der Waals surface area contributed by atoms with Crippen LogP contribution in [0.15, 0.2) is 18.2 Å². The summed E-state index contributed by atoms with van der Waals surface area (Å²) in [5.74, 6) is -3.12. The second-order valence-electron chi connectivity index (χ2n) is 2.83. The van der Waals surface area contributed by atoms with Crippen LogP contribution in [0.2, 0.25) is 5.02 Å². The second kappa shape index (κ2) is 4.13. The molecule has 0 amide bonds. The maximum atomic E-state index is 12.2. The highest BCUT2D eigenvalue weighted by atomic mass is 35.5. The van der Waals surface area contributed by atoms with E-state index in [-0.39, 0.29) is 0 Å². The minimum Gasteiger partial charge on any atom is -0.475 e. The van der Waals surface area contributed by atoms with E-state index in [1.54, 1.807) is 0 Å². The van der Waals surface area contributed by atoms with Crippen molar-refractivity contribution in [3.05, 3.63) is 34.3 Å². The largest absolute Gasteiger partial charge is 0.475 e. The van der Waals surface area contributed by atoms with E-state index >= 15 is 0 Å². The van der Waals surface area contributed by atoms with Gasteiger partial charge in [0.1, 0.15) is 0 Å². The number of ketones is 1. The Morgan fingerprint density at radius 1 is 1.25 bits per heavy atom. The lowest BCUT2D eigenvalue weighted by molar-refractivity contribution is -0.137. The van der Waals surface area contributed by atoms with Gasteiger partial charge < -0.3 is 5.11 Å². The number of rotatable bonds is 2. The van der Waals surface area contributed by atoms with Gasteiger partial charge in [-0.05, 0) is 18.2 Å². The van der Waals surface area contributed by atoms with Gasteiger partial charge in [0.25, 0.3) is 5.78 Å². The molecule has 0 fully saturated rings. The molecule has 7 heteroatoms. The molecule has 1 aromatic rings. The highest BCUT2D eigenvalue weighted by Gasteiger charge is 2.31.